The molecule has 1 heterocycles. The molecule has 1 aromatic heterocycles. The largest absolute Gasteiger partial charge is 0.326 e. The third kappa shape index (κ3) is 3.72. The van der Waals surface area contributed by atoms with Crippen molar-refractivity contribution >= 4 is 43.2 Å². The van der Waals surface area contributed by atoms with Crippen LogP contribution in [0.15, 0.2) is 58.5 Å². The second kappa shape index (κ2) is 6.69. The highest BCUT2D eigenvalue weighted by molar-refractivity contribution is 7.89. The average molecular weight is 376 g/mol. The Balaban J connectivity index is 1.88. The van der Waals surface area contributed by atoms with E-state index in [-0.39, 0.29) is 10.8 Å². The summed E-state index contributed by atoms with van der Waals surface area (Å²) in [5.74, 6) is -0.221. The van der Waals surface area contributed by atoms with Crippen molar-refractivity contribution in [2.75, 3.05) is 5.32 Å². The molecule has 25 heavy (non-hydrogen) atoms. The highest BCUT2D eigenvalue weighted by atomic mass is 32.2. The van der Waals surface area contributed by atoms with Crippen LogP contribution in [0.2, 0.25) is 0 Å². The van der Waals surface area contributed by atoms with Gasteiger partial charge in [-0.1, -0.05) is 23.5 Å². The normalized spacial score (nSPS) is 12.3. The van der Waals surface area contributed by atoms with Crippen molar-refractivity contribution in [3.05, 3.63) is 53.3 Å². The van der Waals surface area contributed by atoms with E-state index in [1.807, 2.05) is 35.9 Å². The van der Waals surface area contributed by atoms with Crippen LogP contribution in [0.3, 0.4) is 0 Å². The fourth-order valence-electron chi connectivity index (χ4n) is 2.26. The van der Waals surface area contributed by atoms with Gasteiger partial charge in [-0.25, -0.2) is 0 Å². The summed E-state index contributed by atoms with van der Waals surface area (Å²) in [5, 5.41) is 6.62. The van der Waals surface area contributed by atoms with Crippen LogP contribution in [0, 0.1) is 0 Å². The van der Waals surface area contributed by atoms with Gasteiger partial charge in [-0.2, -0.15) is 13.2 Å². The number of thiazole rings is 1. The molecule has 0 aliphatic rings. The minimum absolute atomic E-state index is 0.0640. The molecule has 0 aliphatic carbocycles. The Morgan fingerprint density at radius 3 is 2.44 bits per heavy atom. The number of para-hydroxylation sites is 1. The zero-order chi connectivity index (χ0) is 18.0. The number of anilines is 1. The molecule has 0 aliphatic heterocycles. The summed E-state index contributed by atoms with van der Waals surface area (Å²) in [5.41, 5.74) is 1.50. The van der Waals surface area contributed by atoms with Crippen LogP contribution in [0.1, 0.15) is 6.92 Å². The first-order valence-electron chi connectivity index (χ1n) is 7.34. The number of hydrogen-bond donors (Lipinski definition) is 2. The van der Waals surface area contributed by atoms with Crippen LogP contribution in [0.5, 0.6) is 0 Å². The molecule has 7 nitrogen and oxygen atoms in total. The van der Waals surface area contributed by atoms with Crippen molar-refractivity contribution in [3.8, 4) is 0 Å². The van der Waals surface area contributed by atoms with Gasteiger partial charge in [-0.05, 0) is 36.4 Å². The molecule has 3 aromatic rings. The molecule has 0 bridgehead atoms. The summed E-state index contributed by atoms with van der Waals surface area (Å²) in [6, 6.07) is 13.6. The molecule has 3 rings (SSSR count). The summed E-state index contributed by atoms with van der Waals surface area (Å²) in [6.45, 7) is 1.39. The molecule has 0 saturated heterocycles. The Morgan fingerprint density at radius 2 is 1.80 bits per heavy atom. The number of aryl methyl sites for hydroxylation is 1. The minimum atomic E-state index is -3.79. The third-order valence-corrected chi connectivity index (χ3v) is 5.80. The van der Waals surface area contributed by atoms with Crippen LogP contribution in [0.25, 0.3) is 10.2 Å². The number of fused-ring (bicyclic) bond motifs is 1. The lowest BCUT2D eigenvalue weighted by atomic mass is 10.3. The molecule has 2 N–H and O–H groups in total. The van der Waals surface area contributed by atoms with Gasteiger partial charge in [-0.15, -0.1) is 5.10 Å². The van der Waals surface area contributed by atoms with Crippen molar-refractivity contribution in [3.63, 3.8) is 0 Å². The van der Waals surface area contributed by atoms with Gasteiger partial charge < -0.3 is 9.88 Å². The van der Waals surface area contributed by atoms with E-state index >= 15 is 0 Å². The minimum Gasteiger partial charge on any atom is -0.326 e. The van der Waals surface area contributed by atoms with Gasteiger partial charge in [0.05, 0.1) is 15.1 Å². The first kappa shape index (κ1) is 17.2. The lowest BCUT2D eigenvalue weighted by Gasteiger charge is -2.05. The first-order chi connectivity index (χ1) is 11.9. The van der Waals surface area contributed by atoms with Gasteiger partial charge >= 0.3 is 0 Å². The number of amides is 1. The molecule has 0 spiro atoms. The summed E-state index contributed by atoms with van der Waals surface area (Å²) in [4.78, 5) is 13.9. The first-order valence-corrected chi connectivity index (χ1v) is 9.64. The molecule has 0 unspecified atom stereocenters. The number of aromatic nitrogens is 1. The molecule has 0 radical (unpaired) electrons. The molecule has 0 fully saturated rings. The van der Waals surface area contributed by atoms with Gasteiger partial charge in [0.15, 0.2) is 0 Å². The SMILES string of the molecule is CC(=O)Nc1ccc(S(=O)(=O)N/N=c2/sc3ccccc3n2C)cc1. The molecular formula is C16H16N4O3S2. The van der Waals surface area contributed by atoms with Crippen molar-refractivity contribution < 1.29 is 13.2 Å². The van der Waals surface area contributed by atoms with E-state index in [0.717, 1.165) is 10.2 Å². The Bertz CT molecular complexity index is 1100. The maximum absolute atomic E-state index is 12.4. The van der Waals surface area contributed by atoms with E-state index in [9.17, 15) is 13.2 Å². The van der Waals surface area contributed by atoms with E-state index in [1.54, 1.807) is 0 Å². The molecule has 9 heteroatoms. The van der Waals surface area contributed by atoms with Crippen LogP contribution in [-0.4, -0.2) is 18.9 Å². The molecule has 1 amide bonds. The predicted octanol–water partition coefficient (Wildman–Crippen LogP) is 1.99. The summed E-state index contributed by atoms with van der Waals surface area (Å²) >= 11 is 1.39. The van der Waals surface area contributed by atoms with Crippen LogP contribution in [0.4, 0.5) is 5.69 Å². The zero-order valence-corrected chi connectivity index (χ0v) is 15.2. The topological polar surface area (TPSA) is 92.6 Å². The maximum atomic E-state index is 12.4. The van der Waals surface area contributed by atoms with Crippen LogP contribution >= 0.6 is 11.3 Å². The van der Waals surface area contributed by atoms with E-state index < -0.39 is 10.0 Å². The molecule has 0 saturated carbocycles. The Morgan fingerprint density at radius 1 is 1.12 bits per heavy atom. The van der Waals surface area contributed by atoms with Gasteiger partial charge in [0.25, 0.3) is 10.0 Å². The quantitative estimate of drug-likeness (QED) is 0.682. The predicted molar refractivity (Wildman–Crippen MR) is 97.4 cm³/mol. The third-order valence-electron chi connectivity index (χ3n) is 3.46. The Labute approximate surface area is 148 Å². The van der Waals surface area contributed by atoms with Crippen LogP contribution < -0.4 is 14.9 Å². The summed E-state index contributed by atoms with van der Waals surface area (Å²) < 4.78 is 27.6. The van der Waals surface area contributed by atoms with Gasteiger partial charge in [0.2, 0.25) is 10.7 Å². The van der Waals surface area contributed by atoms with Crippen molar-refractivity contribution in [1.29, 1.82) is 0 Å². The molecular weight excluding hydrogens is 360 g/mol. The number of nitrogens with one attached hydrogen (secondary N) is 2. The lowest BCUT2D eigenvalue weighted by molar-refractivity contribution is -0.114. The monoisotopic (exact) mass is 376 g/mol. The van der Waals surface area contributed by atoms with Gasteiger partial charge in [-0.3, -0.25) is 4.79 Å². The number of hydrogen-bond acceptors (Lipinski definition) is 5. The maximum Gasteiger partial charge on any atom is 0.276 e. The zero-order valence-electron chi connectivity index (χ0n) is 13.6. The smallest absolute Gasteiger partial charge is 0.276 e. The van der Waals surface area contributed by atoms with E-state index in [4.69, 9.17) is 0 Å². The van der Waals surface area contributed by atoms with Crippen molar-refractivity contribution in [1.82, 2.24) is 9.40 Å². The summed E-state index contributed by atoms with van der Waals surface area (Å²) in [6.07, 6.45) is 0. The number of carbonyl (C=O) groups excluding carboxylic acids is 1. The average Bonchev–Trinajstić information content (AvgIpc) is 2.90. The van der Waals surface area contributed by atoms with E-state index in [0.29, 0.717) is 10.5 Å². The Hall–Kier alpha value is -2.65. The molecule has 0 atom stereocenters. The highest BCUT2D eigenvalue weighted by Gasteiger charge is 2.13. The number of nitrogens with zero attached hydrogens (tertiary/aromatic N) is 2. The standard InChI is InChI=1S/C16H16N4O3S2/c1-11(21)17-12-7-9-13(10-8-12)25(22,23)19-18-16-20(2)14-5-3-4-6-15(14)24-16/h3-10,19H,1-2H3,(H,17,21)/b18-16+. The van der Waals surface area contributed by atoms with Gasteiger partial charge in [0, 0.05) is 19.7 Å². The fraction of sp³-hybridized carbons (Fsp3) is 0.125. The fourth-order valence-corrected chi connectivity index (χ4v) is 4.10. The second-order valence-electron chi connectivity index (χ2n) is 5.32. The highest BCUT2D eigenvalue weighted by Crippen LogP contribution is 2.16. The molecule has 130 valence electrons. The van der Waals surface area contributed by atoms with E-state index in [2.05, 4.69) is 15.2 Å². The second-order valence-corrected chi connectivity index (χ2v) is 7.99. The lowest BCUT2D eigenvalue weighted by Crippen LogP contribution is -2.23. The van der Waals surface area contributed by atoms with Gasteiger partial charge in [0.1, 0.15) is 0 Å². The number of sulfonamides is 1. The number of rotatable bonds is 4. The molecule has 2 aromatic carbocycles. The summed E-state index contributed by atoms with van der Waals surface area (Å²) in [7, 11) is -1.97. The Kier molecular flexibility index (Phi) is 4.60. The van der Waals surface area contributed by atoms with Crippen molar-refractivity contribution in [2.24, 2.45) is 12.1 Å². The number of carbonyl (C=O) groups is 1. The number of benzene rings is 2. The van der Waals surface area contributed by atoms with Crippen LogP contribution in [-0.2, 0) is 21.9 Å². The van der Waals surface area contributed by atoms with Crippen molar-refractivity contribution in [2.45, 2.75) is 11.8 Å². The van der Waals surface area contributed by atoms with E-state index in [1.165, 1.54) is 42.5 Å².